The van der Waals surface area contributed by atoms with Crippen molar-refractivity contribution in [1.29, 1.82) is 0 Å². The average Bonchev–Trinajstić information content (AvgIpc) is 2.46. The van der Waals surface area contributed by atoms with E-state index in [1.54, 1.807) is 12.1 Å². The molecule has 0 N–H and O–H groups in total. The molecule has 0 aromatic heterocycles. The monoisotopic (exact) mass is 306 g/mol. The van der Waals surface area contributed by atoms with Crippen LogP contribution in [0.2, 0.25) is 5.02 Å². The van der Waals surface area contributed by atoms with Crippen molar-refractivity contribution in [3.63, 3.8) is 0 Å². The lowest BCUT2D eigenvalue weighted by Crippen LogP contribution is -2.22. The summed E-state index contributed by atoms with van der Waals surface area (Å²) < 4.78 is 5.44. The fourth-order valence-electron chi connectivity index (χ4n) is 1.62. The minimum Gasteiger partial charge on any atom is -0.545 e. The van der Waals surface area contributed by atoms with Gasteiger partial charge in [0.25, 0.3) is 5.69 Å². The molecular weight excluding hydrogens is 298 g/mol. The SMILES string of the molecule is O=C([O-])c1ccc(COc2ccc([N+](=O)[O-])cc2Cl)cc1. The van der Waals surface area contributed by atoms with Gasteiger partial charge in [0.1, 0.15) is 12.4 Å². The summed E-state index contributed by atoms with van der Waals surface area (Å²) in [6.45, 7) is 0.158. The van der Waals surface area contributed by atoms with Gasteiger partial charge in [0, 0.05) is 12.1 Å². The third kappa shape index (κ3) is 3.70. The second kappa shape index (κ2) is 6.23. The van der Waals surface area contributed by atoms with Gasteiger partial charge in [-0.25, -0.2) is 0 Å². The predicted octanol–water partition coefficient (Wildman–Crippen LogP) is 2.19. The van der Waals surface area contributed by atoms with Gasteiger partial charge in [-0.05, 0) is 17.2 Å². The quantitative estimate of drug-likeness (QED) is 0.623. The van der Waals surface area contributed by atoms with Gasteiger partial charge in [-0.3, -0.25) is 10.1 Å². The number of carboxylic acid groups (broad SMARTS) is 1. The van der Waals surface area contributed by atoms with Crippen LogP contribution in [0.3, 0.4) is 0 Å². The van der Waals surface area contributed by atoms with Crippen LogP contribution in [0.1, 0.15) is 15.9 Å². The van der Waals surface area contributed by atoms with Crippen LogP contribution >= 0.6 is 11.6 Å². The first kappa shape index (κ1) is 14.8. The number of non-ortho nitro benzene ring substituents is 1. The summed E-state index contributed by atoms with van der Waals surface area (Å²) in [4.78, 5) is 20.6. The molecule has 0 saturated heterocycles. The number of benzene rings is 2. The Morgan fingerprint density at radius 2 is 1.86 bits per heavy atom. The van der Waals surface area contributed by atoms with Gasteiger partial charge in [-0.1, -0.05) is 35.9 Å². The zero-order valence-electron chi connectivity index (χ0n) is 10.6. The van der Waals surface area contributed by atoms with Crippen molar-refractivity contribution < 1.29 is 19.6 Å². The predicted molar refractivity (Wildman–Crippen MR) is 73.2 cm³/mol. The number of carbonyl (C=O) groups excluding carboxylic acids is 1. The molecule has 0 saturated carbocycles. The molecule has 0 aliphatic rings. The van der Waals surface area contributed by atoms with Crippen LogP contribution in [0.25, 0.3) is 0 Å². The van der Waals surface area contributed by atoms with Crippen LogP contribution in [-0.2, 0) is 6.61 Å². The van der Waals surface area contributed by atoms with E-state index in [4.69, 9.17) is 16.3 Å². The van der Waals surface area contributed by atoms with Crippen LogP contribution in [0, 0.1) is 10.1 Å². The number of carboxylic acids is 1. The summed E-state index contributed by atoms with van der Waals surface area (Å²) >= 11 is 5.89. The van der Waals surface area contributed by atoms with Gasteiger partial charge in [0.2, 0.25) is 0 Å². The summed E-state index contributed by atoms with van der Waals surface area (Å²) in [5.74, 6) is -0.938. The van der Waals surface area contributed by atoms with Crippen LogP contribution in [0.4, 0.5) is 5.69 Å². The highest BCUT2D eigenvalue weighted by Gasteiger charge is 2.10. The lowest BCUT2D eigenvalue weighted by Gasteiger charge is -2.09. The largest absolute Gasteiger partial charge is 0.545 e. The second-order valence-corrected chi connectivity index (χ2v) is 4.55. The van der Waals surface area contributed by atoms with Gasteiger partial charge in [-0.2, -0.15) is 0 Å². The van der Waals surface area contributed by atoms with Crippen molar-refractivity contribution in [2.75, 3.05) is 0 Å². The molecule has 6 nitrogen and oxygen atoms in total. The lowest BCUT2D eigenvalue weighted by atomic mass is 10.1. The van der Waals surface area contributed by atoms with Crippen LogP contribution in [-0.4, -0.2) is 10.9 Å². The van der Waals surface area contributed by atoms with Crippen LogP contribution in [0.15, 0.2) is 42.5 Å². The van der Waals surface area contributed by atoms with Crippen LogP contribution in [0.5, 0.6) is 5.75 Å². The lowest BCUT2D eigenvalue weighted by molar-refractivity contribution is -0.384. The molecular formula is C14H9ClNO5-. The standard InChI is InChI=1S/C14H10ClNO5/c15-12-7-11(16(19)20)5-6-13(12)21-8-9-1-3-10(4-2-9)14(17)18/h1-7H,8H2,(H,17,18)/p-1. The first-order valence-corrected chi connectivity index (χ1v) is 6.22. The van der Waals surface area contributed by atoms with Gasteiger partial charge < -0.3 is 14.6 Å². The van der Waals surface area contributed by atoms with E-state index in [1.165, 1.54) is 30.3 Å². The Morgan fingerprint density at radius 3 is 2.38 bits per heavy atom. The zero-order chi connectivity index (χ0) is 15.4. The Balaban J connectivity index is 2.06. The molecule has 2 aromatic rings. The van der Waals surface area contributed by atoms with Crippen LogP contribution < -0.4 is 9.84 Å². The number of ether oxygens (including phenoxy) is 1. The molecule has 0 amide bonds. The van der Waals surface area contributed by atoms with Crippen molar-refractivity contribution in [2.24, 2.45) is 0 Å². The molecule has 2 aromatic carbocycles. The van der Waals surface area contributed by atoms with Crippen molar-refractivity contribution >= 4 is 23.3 Å². The van der Waals surface area contributed by atoms with Crippen molar-refractivity contribution in [1.82, 2.24) is 0 Å². The summed E-state index contributed by atoms with van der Waals surface area (Å²) in [5, 5.41) is 21.3. The third-order valence-corrected chi connectivity index (χ3v) is 3.01. The zero-order valence-corrected chi connectivity index (χ0v) is 11.4. The maximum atomic E-state index is 10.6. The van der Waals surface area contributed by atoms with Gasteiger partial charge >= 0.3 is 0 Å². The Morgan fingerprint density at radius 1 is 1.19 bits per heavy atom. The maximum absolute atomic E-state index is 10.6. The number of nitro benzene ring substituents is 1. The van der Waals surface area contributed by atoms with E-state index >= 15 is 0 Å². The van der Waals surface area contributed by atoms with E-state index in [1.807, 2.05) is 0 Å². The molecule has 0 unspecified atom stereocenters. The number of carbonyl (C=O) groups is 1. The molecule has 0 aliphatic carbocycles. The summed E-state index contributed by atoms with van der Waals surface area (Å²) in [5.41, 5.74) is 0.687. The summed E-state index contributed by atoms with van der Waals surface area (Å²) in [7, 11) is 0. The van der Waals surface area contributed by atoms with Crippen molar-refractivity contribution in [2.45, 2.75) is 6.61 Å². The number of nitro groups is 1. The number of hydrogen-bond acceptors (Lipinski definition) is 5. The first-order valence-electron chi connectivity index (χ1n) is 5.84. The molecule has 21 heavy (non-hydrogen) atoms. The minimum absolute atomic E-state index is 0.0760. The molecule has 0 fully saturated rings. The van der Waals surface area contributed by atoms with Crippen molar-refractivity contribution in [3.05, 3.63) is 68.7 Å². The fraction of sp³-hybridized carbons (Fsp3) is 0.0714. The number of nitrogens with zero attached hydrogens (tertiary/aromatic N) is 1. The summed E-state index contributed by atoms with van der Waals surface area (Å²) in [6, 6.07) is 9.90. The normalized spacial score (nSPS) is 10.1. The number of halogens is 1. The molecule has 0 spiro atoms. The average molecular weight is 307 g/mol. The van der Waals surface area contributed by atoms with Gasteiger partial charge in [0.15, 0.2) is 0 Å². The molecule has 7 heteroatoms. The molecule has 2 rings (SSSR count). The number of aromatic carboxylic acids is 1. The van der Waals surface area contributed by atoms with Gasteiger partial charge in [0.05, 0.1) is 15.9 Å². The van der Waals surface area contributed by atoms with E-state index in [0.717, 1.165) is 5.56 Å². The van der Waals surface area contributed by atoms with Crippen molar-refractivity contribution in [3.8, 4) is 5.75 Å². The van der Waals surface area contributed by atoms with E-state index in [2.05, 4.69) is 0 Å². The molecule has 0 atom stereocenters. The topological polar surface area (TPSA) is 92.5 Å². The molecule has 0 aliphatic heterocycles. The highest BCUT2D eigenvalue weighted by Crippen LogP contribution is 2.29. The first-order chi connectivity index (χ1) is 9.97. The maximum Gasteiger partial charge on any atom is 0.271 e. The number of hydrogen-bond donors (Lipinski definition) is 0. The smallest absolute Gasteiger partial charge is 0.271 e. The van der Waals surface area contributed by atoms with Gasteiger partial charge in [-0.15, -0.1) is 0 Å². The Bertz CT molecular complexity index is 684. The second-order valence-electron chi connectivity index (χ2n) is 4.14. The molecule has 108 valence electrons. The highest BCUT2D eigenvalue weighted by atomic mass is 35.5. The van der Waals surface area contributed by atoms with E-state index in [9.17, 15) is 20.0 Å². The fourth-order valence-corrected chi connectivity index (χ4v) is 1.85. The molecule has 0 bridgehead atoms. The minimum atomic E-state index is -1.25. The van der Waals surface area contributed by atoms with E-state index in [-0.39, 0.29) is 22.9 Å². The highest BCUT2D eigenvalue weighted by molar-refractivity contribution is 6.32. The molecule has 0 radical (unpaired) electrons. The Labute approximate surface area is 124 Å². The Kier molecular flexibility index (Phi) is 4.39. The third-order valence-electron chi connectivity index (χ3n) is 2.71. The van der Waals surface area contributed by atoms with E-state index in [0.29, 0.717) is 5.75 Å². The summed E-state index contributed by atoms with van der Waals surface area (Å²) in [6.07, 6.45) is 0. The van der Waals surface area contributed by atoms with E-state index < -0.39 is 10.9 Å². The number of rotatable bonds is 5. The molecule has 0 heterocycles. The Hall–Kier alpha value is -2.60.